The second-order valence-electron chi connectivity index (χ2n) is 5.33. The summed E-state index contributed by atoms with van der Waals surface area (Å²) in [6.07, 6.45) is 1.95. The van der Waals surface area contributed by atoms with E-state index in [1.807, 2.05) is 33.0 Å². The van der Waals surface area contributed by atoms with Crippen molar-refractivity contribution < 1.29 is 8.42 Å². The molecule has 0 heterocycles. The lowest BCUT2D eigenvalue weighted by Gasteiger charge is -2.19. The summed E-state index contributed by atoms with van der Waals surface area (Å²) < 4.78 is 26.7. The lowest BCUT2D eigenvalue weighted by Crippen LogP contribution is -2.29. The average Bonchev–Trinajstić information content (AvgIpc) is 3.15. The van der Waals surface area contributed by atoms with Crippen LogP contribution in [0.1, 0.15) is 29.5 Å². The number of nitrogens with one attached hydrogen (secondary N) is 1. The SMILES string of the molecule is CNCc1cc(S(=O)(=O)N(C)C2CC2)c(C)cc1C. The highest BCUT2D eigenvalue weighted by Crippen LogP contribution is 2.32. The largest absolute Gasteiger partial charge is 0.316 e. The molecule has 1 saturated carbocycles. The zero-order valence-corrected chi connectivity index (χ0v) is 12.8. The van der Waals surface area contributed by atoms with Gasteiger partial charge in [0.25, 0.3) is 0 Å². The summed E-state index contributed by atoms with van der Waals surface area (Å²) >= 11 is 0. The first-order valence-electron chi connectivity index (χ1n) is 6.60. The van der Waals surface area contributed by atoms with Gasteiger partial charge < -0.3 is 5.32 Å². The standard InChI is InChI=1S/C14H22N2O2S/c1-10-7-11(2)14(8-12(10)9-15-3)19(17,18)16(4)13-5-6-13/h7-8,13,15H,5-6,9H2,1-4H3. The van der Waals surface area contributed by atoms with Gasteiger partial charge >= 0.3 is 0 Å². The Hall–Kier alpha value is -0.910. The van der Waals surface area contributed by atoms with E-state index in [9.17, 15) is 8.42 Å². The lowest BCUT2D eigenvalue weighted by molar-refractivity contribution is 0.463. The van der Waals surface area contributed by atoms with Crippen molar-refractivity contribution in [3.8, 4) is 0 Å². The number of rotatable bonds is 5. The predicted octanol–water partition coefficient (Wildman–Crippen LogP) is 1.81. The summed E-state index contributed by atoms with van der Waals surface area (Å²) in [6, 6.07) is 3.97. The molecule has 0 spiro atoms. The molecule has 1 fully saturated rings. The molecule has 1 aromatic carbocycles. The predicted molar refractivity (Wildman–Crippen MR) is 76.7 cm³/mol. The van der Waals surface area contributed by atoms with Crippen molar-refractivity contribution in [1.82, 2.24) is 9.62 Å². The van der Waals surface area contributed by atoms with Gasteiger partial charge in [-0.05, 0) is 56.5 Å². The first-order chi connectivity index (χ1) is 8.87. The molecule has 0 aromatic heterocycles. The molecular formula is C14H22N2O2S. The molecule has 2 rings (SSSR count). The van der Waals surface area contributed by atoms with Crippen molar-refractivity contribution >= 4 is 10.0 Å². The van der Waals surface area contributed by atoms with Gasteiger partial charge in [-0.3, -0.25) is 0 Å². The summed E-state index contributed by atoms with van der Waals surface area (Å²) in [5.74, 6) is 0. The van der Waals surface area contributed by atoms with Crippen LogP contribution in [0.5, 0.6) is 0 Å². The molecule has 5 heteroatoms. The fraction of sp³-hybridized carbons (Fsp3) is 0.571. The maximum Gasteiger partial charge on any atom is 0.243 e. The number of sulfonamides is 1. The van der Waals surface area contributed by atoms with Gasteiger partial charge in [0.1, 0.15) is 0 Å². The Balaban J connectivity index is 2.45. The van der Waals surface area contributed by atoms with Crippen LogP contribution in [0, 0.1) is 13.8 Å². The number of hydrogen-bond donors (Lipinski definition) is 1. The number of aryl methyl sites for hydroxylation is 2. The molecule has 0 aliphatic heterocycles. The molecule has 4 nitrogen and oxygen atoms in total. The first-order valence-corrected chi connectivity index (χ1v) is 8.04. The molecule has 19 heavy (non-hydrogen) atoms. The van der Waals surface area contributed by atoms with Crippen LogP contribution in [0.25, 0.3) is 0 Å². The van der Waals surface area contributed by atoms with Crippen molar-refractivity contribution in [2.45, 2.75) is 44.2 Å². The third-order valence-electron chi connectivity index (χ3n) is 3.72. The summed E-state index contributed by atoms with van der Waals surface area (Å²) in [7, 11) is 0.191. The zero-order valence-electron chi connectivity index (χ0n) is 12.0. The minimum Gasteiger partial charge on any atom is -0.316 e. The zero-order chi connectivity index (χ0) is 14.2. The van der Waals surface area contributed by atoms with E-state index in [4.69, 9.17) is 0 Å². The summed E-state index contributed by atoms with van der Waals surface area (Å²) in [4.78, 5) is 0.442. The average molecular weight is 282 g/mol. The van der Waals surface area contributed by atoms with Crippen molar-refractivity contribution in [1.29, 1.82) is 0 Å². The van der Waals surface area contributed by atoms with E-state index >= 15 is 0 Å². The second-order valence-corrected chi connectivity index (χ2v) is 7.29. The first kappa shape index (κ1) is 14.5. The summed E-state index contributed by atoms with van der Waals surface area (Å²) in [5, 5.41) is 3.08. The van der Waals surface area contributed by atoms with Gasteiger partial charge in [0, 0.05) is 19.6 Å². The van der Waals surface area contributed by atoms with E-state index < -0.39 is 10.0 Å². The molecular weight excluding hydrogens is 260 g/mol. The van der Waals surface area contributed by atoms with Crippen molar-refractivity contribution in [2.75, 3.05) is 14.1 Å². The van der Waals surface area contributed by atoms with E-state index in [1.54, 1.807) is 7.05 Å². The maximum absolute atomic E-state index is 12.6. The smallest absolute Gasteiger partial charge is 0.243 e. The van der Waals surface area contributed by atoms with E-state index in [-0.39, 0.29) is 6.04 Å². The topological polar surface area (TPSA) is 49.4 Å². The monoisotopic (exact) mass is 282 g/mol. The fourth-order valence-corrected chi connectivity index (χ4v) is 3.99. The second kappa shape index (κ2) is 5.23. The van der Waals surface area contributed by atoms with Crippen molar-refractivity contribution in [2.24, 2.45) is 0 Å². The minimum atomic E-state index is -3.36. The molecule has 1 aliphatic rings. The number of benzene rings is 1. The Morgan fingerprint density at radius 1 is 1.26 bits per heavy atom. The fourth-order valence-electron chi connectivity index (χ4n) is 2.32. The molecule has 0 atom stereocenters. The molecule has 106 valence electrons. The number of nitrogens with zero attached hydrogens (tertiary/aromatic N) is 1. The molecule has 0 bridgehead atoms. The molecule has 0 amide bonds. The molecule has 0 unspecified atom stereocenters. The van der Waals surface area contributed by atoms with Crippen LogP contribution in [0.3, 0.4) is 0 Å². The van der Waals surface area contributed by atoms with Gasteiger partial charge in [-0.1, -0.05) is 6.07 Å². The normalized spacial score (nSPS) is 16.1. The van der Waals surface area contributed by atoms with E-state index in [2.05, 4.69) is 5.32 Å². The van der Waals surface area contributed by atoms with Crippen LogP contribution in [0.2, 0.25) is 0 Å². The van der Waals surface area contributed by atoms with Crippen LogP contribution < -0.4 is 5.32 Å². The van der Waals surface area contributed by atoms with Crippen LogP contribution in [0.4, 0.5) is 0 Å². The van der Waals surface area contributed by atoms with E-state index in [0.717, 1.165) is 29.5 Å². The molecule has 0 saturated heterocycles. The number of hydrogen-bond acceptors (Lipinski definition) is 3. The Kier molecular flexibility index (Phi) is 3.99. The Bertz CT molecular complexity index is 577. The maximum atomic E-state index is 12.6. The van der Waals surface area contributed by atoms with Crippen LogP contribution >= 0.6 is 0 Å². The van der Waals surface area contributed by atoms with Crippen molar-refractivity contribution in [3.05, 3.63) is 28.8 Å². The highest BCUT2D eigenvalue weighted by atomic mass is 32.2. The highest BCUT2D eigenvalue weighted by Gasteiger charge is 2.35. The van der Waals surface area contributed by atoms with Gasteiger partial charge in [0.05, 0.1) is 4.90 Å². The van der Waals surface area contributed by atoms with Gasteiger partial charge in [-0.25, -0.2) is 8.42 Å². The minimum absolute atomic E-state index is 0.193. The highest BCUT2D eigenvalue weighted by molar-refractivity contribution is 7.89. The van der Waals surface area contributed by atoms with E-state index in [1.165, 1.54) is 4.31 Å². The van der Waals surface area contributed by atoms with Crippen molar-refractivity contribution in [3.63, 3.8) is 0 Å². The quantitative estimate of drug-likeness (QED) is 0.896. The Morgan fingerprint density at radius 3 is 2.42 bits per heavy atom. The Labute approximate surface area is 115 Å². The molecule has 1 aromatic rings. The van der Waals surface area contributed by atoms with Crippen LogP contribution in [-0.4, -0.2) is 32.9 Å². The molecule has 0 radical (unpaired) electrons. The van der Waals surface area contributed by atoms with Gasteiger partial charge in [-0.15, -0.1) is 0 Å². The van der Waals surface area contributed by atoms with Crippen LogP contribution in [0.15, 0.2) is 17.0 Å². The van der Waals surface area contributed by atoms with Gasteiger partial charge in [-0.2, -0.15) is 4.31 Å². The lowest BCUT2D eigenvalue weighted by atomic mass is 10.1. The molecule has 1 aliphatic carbocycles. The summed E-state index contributed by atoms with van der Waals surface area (Å²) in [5.41, 5.74) is 2.99. The van der Waals surface area contributed by atoms with Gasteiger partial charge in [0.15, 0.2) is 0 Å². The molecule has 1 N–H and O–H groups in total. The third-order valence-corrected chi connectivity index (χ3v) is 5.77. The van der Waals surface area contributed by atoms with Gasteiger partial charge in [0.2, 0.25) is 10.0 Å². The van der Waals surface area contributed by atoms with Crippen LogP contribution in [-0.2, 0) is 16.6 Å². The third kappa shape index (κ3) is 2.83. The summed E-state index contributed by atoms with van der Waals surface area (Å²) in [6.45, 7) is 4.56. The Morgan fingerprint density at radius 2 is 1.89 bits per heavy atom. The van der Waals surface area contributed by atoms with E-state index in [0.29, 0.717) is 11.4 Å².